The number of rotatable bonds is 4. The molecule has 1 aromatic carbocycles. The standard InChI is InChI=1S/C16H13N3OS/c1-11-6-7-15(21-11)14(20)10-19-13-5-3-2-4-12(13)18-16(19)8-9-17/h2-7H,8,10H2,1H3. The SMILES string of the molecule is Cc1ccc(C(=O)Cn2c(CC#N)nc3ccccc32)s1. The Hall–Kier alpha value is -2.45. The van der Waals surface area contributed by atoms with Crippen LogP contribution in [-0.2, 0) is 13.0 Å². The predicted molar refractivity (Wildman–Crippen MR) is 82.4 cm³/mol. The lowest BCUT2D eigenvalue weighted by molar-refractivity contribution is 0.0976. The van der Waals surface area contributed by atoms with Crippen molar-refractivity contribution in [3.8, 4) is 6.07 Å². The molecule has 3 rings (SSSR count). The minimum absolute atomic E-state index is 0.0513. The summed E-state index contributed by atoms with van der Waals surface area (Å²) in [4.78, 5) is 18.7. The minimum atomic E-state index is 0.0513. The summed E-state index contributed by atoms with van der Waals surface area (Å²) in [5.74, 6) is 0.691. The van der Waals surface area contributed by atoms with E-state index in [1.807, 2.05) is 47.9 Å². The second-order valence-electron chi connectivity index (χ2n) is 4.77. The summed E-state index contributed by atoms with van der Waals surface area (Å²) in [6, 6.07) is 13.5. The molecule has 0 radical (unpaired) electrons. The molecule has 0 bridgehead atoms. The largest absolute Gasteiger partial charge is 0.319 e. The van der Waals surface area contributed by atoms with Gasteiger partial charge in [-0.1, -0.05) is 12.1 Å². The van der Waals surface area contributed by atoms with E-state index in [2.05, 4.69) is 11.1 Å². The average Bonchev–Trinajstić information content (AvgIpc) is 3.05. The van der Waals surface area contributed by atoms with Gasteiger partial charge in [0, 0.05) is 4.88 Å². The number of aryl methyl sites for hydroxylation is 1. The van der Waals surface area contributed by atoms with Gasteiger partial charge in [-0.15, -0.1) is 11.3 Å². The fourth-order valence-electron chi connectivity index (χ4n) is 2.31. The summed E-state index contributed by atoms with van der Waals surface area (Å²) in [6.07, 6.45) is 0.200. The van der Waals surface area contributed by atoms with Gasteiger partial charge in [-0.2, -0.15) is 5.26 Å². The Morgan fingerprint density at radius 2 is 2.14 bits per heavy atom. The smallest absolute Gasteiger partial charge is 0.192 e. The van der Waals surface area contributed by atoms with Crippen molar-refractivity contribution < 1.29 is 4.79 Å². The Labute approximate surface area is 126 Å². The Kier molecular flexibility index (Phi) is 3.55. The van der Waals surface area contributed by atoms with Crippen LogP contribution in [0.5, 0.6) is 0 Å². The van der Waals surface area contributed by atoms with Gasteiger partial charge in [0.2, 0.25) is 0 Å². The molecule has 2 heterocycles. The zero-order valence-electron chi connectivity index (χ0n) is 11.5. The van der Waals surface area contributed by atoms with Crippen LogP contribution >= 0.6 is 11.3 Å². The fourth-order valence-corrected chi connectivity index (χ4v) is 3.11. The highest BCUT2D eigenvalue weighted by Gasteiger charge is 2.15. The van der Waals surface area contributed by atoms with E-state index in [1.54, 1.807) is 0 Å². The number of nitrogens with zero attached hydrogens (tertiary/aromatic N) is 3. The lowest BCUT2D eigenvalue weighted by Gasteiger charge is -2.05. The maximum absolute atomic E-state index is 12.4. The molecule has 0 saturated heterocycles. The summed E-state index contributed by atoms with van der Waals surface area (Å²) in [7, 11) is 0. The molecular weight excluding hydrogens is 282 g/mol. The molecule has 104 valence electrons. The molecular formula is C16H13N3OS. The number of benzene rings is 1. The Balaban J connectivity index is 2.01. The van der Waals surface area contributed by atoms with E-state index >= 15 is 0 Å². The summed E-state index contributed by atoms with van der Waals surface area (Å²) >= 11 is 1.49. The van der Waals surface area contributed by atoms with Crippen LogP contribution in [0.15, 0.2) is 36.4 Å². The van der Waals surface area contributed by atoms with Gasteiger partial charge in [-0.3, -0.25) is 4.79 Å². The van der Waals surface area contributed by atoms with Crippen molar-refractivity contribution in [2.45, 2.75) is 19.9 Å². The maximum atomic E-state index is 12.4. The van der Waals surface area contributed by atoms with Crippen LogP contribution in [0.2, 0.25) is 0 Å². The summed E-state index contributed by atoms with van der Waals surface area (Å²) in [6.45, 7) is 2.20. The number of Topliss-reactive ketones (excluding diaryl/α,β-unsaturated/α-hetero) is 1. The van der Waals surface area contributed by atoms with Gasteiger partial charge < -0.3 is 4.57 Å². The normalized spacial score (nSPS) is 10.7. The molecule has 3 aromatic rings. The Bertz CT molecular complexity index is 854. The van der Waals surface area contributed by atoms with E-state index in [0.717, 1.165) is 20.8 Å². The highest BCUT2D eigenvalue weighted by Crippen LogP contribution is 2.20. The first-order valence-corrected chi connectivity index (χ1v) is 7.41. The first-order valence-electron chi connectivity index (χ1n) is 6.60. The quantitative estimate of drug-likeness (QED) is 0.693. The molecule has 0 aliphatic heterocycles. The zero-order valence-corrected chi connectivity index (χ0v) is 12.4. The first-order chi connectivity index (χ1) is 10.2. The van der Waals surface area contributed by atoms with Gasteiger partial charge in [0.15, 0.2) is 5.78 Å². The van der Waals surface area contributed by atoms with Crippen molar-refractivity contribution in [2.75, 3.05) is 0 Å². The van der Waals surface area contributed by atoms with Crippen molar-refractivity contribution in [1.29, 1.82) is 5.26 Å². The third-order valence-corrected chi connectivity index (χ3v) is 4.33. The van der Waals surface area contributed by atoms with Gasteiger partial charge in [0.1, 0.15) is 5.82 Å². The lowest BCUT2D eigenvalue weighted by Crippen LogP contribution is -2.12. The van der Waals surface area contributed by atoms with Crippen LogP contribution in [0, 0.1) is 18.3 Å². The number of imidazole rings is 1. The third kappa shape index (κ3) is 2.58. The van der Waals surface area contributed by atoms with Crippen LogP contribution in [0.25, 0.3) is 11.0 Å². The van der Waals surface area contributed by atoms with Crippen LogP contribution in [0.3, 0.4) is 0 Å². The predicted octanol–water partition coefficient (Wildman–Crippen LogP) is 3.36. The molecule has 0 N–H and O–H groups in total. The Morgan fingerprint density at radius 1 is 1.33 bits per heavy atom. The number of para-hydroxylation sites is 2. The van der Waals surface area contributed by atoms with Gasteiger partial charge in [0.25, 0.3) is 0 Å². The summed E-state index contributed by atoms with van der Waals surface area (Å²) < 4.78 is 1.84. The van der Waals surface area contributed by atoms with Crippen LogP contribution < -0.4 is 0 Å². The minimum Gasteiger partial charge on any atom is -0.319 e. The number of ketones is 1. The molecule has 0 unspecified atom stereocenters. The Morgan fingerprint density at radius 3 is 2.86 bits per heavy atom. The third-order valence-electron chi connectivity index (χ3n) is 3.29. The number of carbonyl (C=O) groups is 1. The lowest BCUT2D eigenvalue weighted by atomic mass is 10.3. The zero-order chi connectivity index (χ0) is 14.8. The molecule has 21 heavy (non-hydrogen) atoms. The van der Waals surface area contributed by atoms with Crippen molar-refractivity contribution in [3.05, 3.63) is 52.0 Å². The monoisotopic (exact) mass is 295 g/mol. The van der Waals surface area contributed by atoms with Crippen molar-refractivity contribution in [2.24, 2.45) is 0 Å². The molecule has 0 atom stereocenters. The molecule has 0 saturated carbocycles. The molecule has 0 aliphatic carbocycles. The molecule has 0 aliphatic rings. The maximum Gasteiger partial charge on any atom is 0.192 e. The molecule has 4 nitrogen and oxygen atoms in total. The fraction of sp³-hybridized carbons (Fsp3) is 0.188. The number of hydrogen-bond donors (Lipinski definition) is 0. The van der Waals surface area contributed by atoms with Crippen molar-refractivity contribution >= 4 is 28.2 Å². The summed E-state index contributed by atoms with van der Waals surface area (Å²) in [5, 5.41) is 8.94. The number of carbonyl (C=O) groups excluding carboxylic acids is 1. The van der Waals surface area contributed by atoms with E-state index in [1.165, 1.54) is 11.3 Å². The topological polar surface area (TPSA) is 58.7 Å². The van der Waals surface area contributed by atoms with Crippen LogP contribution in [0.1, 0.15) is 20.4 Å². The highest BCUT2D eigenvalue weighted by atomic mass is 32.1. The molecule has 2 aromatic heterocycles. The van der Waals surface area contributed by atoms with E-state index in [9.17, 15) is 4.79 Å². The average molecular weight is 295 g/mol. The number of thiophene rings is 1. The van der Waals surface area contributed by atoms with Gasteiger partial charge in [-0.05, 0) is 31.2 Å². The highest BCUT2D eigenvalue weighted by molar-refractivity contribution is 7.14. The van der Waals surface area contributed by atoms with E-state index in [-0.39, 0.29) is 18.7 Å². The second-order valence-corrected chi connectivity index (χ2v) is 6.06. The molecule has 0 amide bonds. The van der Waals surface area contributed by atoms with Gasteiger partial charge >= 0.3 is 0 Å². The number of nitriles is 1. The van der Waals surface area contributed by atoms with Crippen molar-refractivity contribution in [1.82, 2.24) is 9.55 Å². The van der Waals surface area contributed by atoms with Crippen molar-refractivity contribution in [3.63, 3.8) is 0 Å². The molecule has 5 heteroatoms. The first kappa shape index (κ1) is 13.5. The van der Waals surface area contributed by atoms with Gasteiger partial charge in [0.05, 0.1) is 34.9 Å². The number of hydrogen-bond acceptors (Lipinski definition) is 4. The van der Waals surface area contributed by atoms with Gasteiger partial charge in [-0.25, -0.2) is 4.98 Å². The van der Waals surface area contributed by atoms with E-state index in [4.69, 9.17) is 5.26 Å². The second kappa shape index (κ2) is 5.51. The van der Waals surface area contributed by atoms with Crippen LogP contribution in [-0.4, -0.2) is 15.3 Å². The number of aromatic nitrogens is 2. The summed E-state index contributed by atoms with van der Waals surface area (Å²) in [5.41, 5.74) is 1.71. The number of fused-ring (bicyclic) bond motifs is 1. The van der Waals surface area contributed by atoms with E-state index < -0.39 is 0 Å². The van der Waals surface area contributed by atoms with Crippen LogP contribution in [0.4, 0.5) is 0 Å². The molecule has 0 fully saturated rings. The van der Waals surface area contributed by atoms with E-state index in [0.29, 0.717) is 5.82 Å². The molecule has 0 spiro atoms.